The van der Waals surface area contributed by atoms with Gasteiger partial charge in [0, 0.05) is 19.3 Å². The maximum Gasteiger partial charge on any atom is 0.306 e. The molecule has 0 N–H and O–H groups in total. The summed E-state index contributed by atoms with van der Waals surface area (Å²) in [5.41, 5.74) is 0. The molecule has 0 aliphatic heterocycles. The number of ether oxygens (including phenoxy) is 3. The van der Waals surface area contributed by atoms with Crippen molar-refractivity contribution < 1.29 is 28.6 Å². The van der Waals surface area contributed by atoms with Crippen molar-refractivity contribution in [1.82, 2.24) is 0 Å². The van der Waals surface area contributed by atoms with Crippen LogP contribution in [0.2, 0.25) is 0 Å². The third kappa shape index (κ3) is 66.4. The summed E-state index contributed by atoms with van der Waals surface area (Å²) < 4.78 is 16.9. The zero-order valence-corrected chi connectivity index (χ0v) is 53.5. The molecule has 0 aliphatic rings. The van der Waals surface area contributed by atoms with Crippen molar-refractivity contribution in [3.63, 3.8) is 0 Å². The maximum absolute atomic E-state index is 12.9. The number of carbonyl (C=O) groups is 3. The Balaban J connectivity index is 4.32. The molecule has 1 unspecified atom stereocenters. The van der Waals surface area contributed by atoms with Crippen molar-refractivity contribution in [2.24, 2.45) is 0 Å². The zero-order valence-electron chi connectivity index (χ0n) is 53.5. The molecule has 82 heavy (non-hydrogen) atoms. The van der Waals surface area contributed by atoms with Crippen molar-refractivity contribution in [3.8, 4) is 0 Å². The highest BCUT2D eigenvalue weighted by atomic mass is 16.6. The summed E-state index contributed by atoms with van der Waals surface area (Å²) in [4.78, 5) is 38.4. The Morgan fingerprint density at radius 2 is 0.476 bits per heavy atom. The summed E-state index contributed by atoms with van der Waals surface area (Å²) in [5, 5.41) is 0. The van der Waals surface area contributed by atoms with Crippen LogP contribution in [0, 0.1) is 0 Å². The summed E-state index contributed by atoms with van der Waals surface area (Å²) in [5.74, 6) is -0.919. The number of carbonyl (C=O) groups excluding carboxylic acids is 3. The number of hydrogen-bond donors (Lipinski definition) is 0. The molecule has 0 aromatic rings. The minimum Gasteiger partial charge on any atom is -0.462 e. The predicted octanol–water partition coefficient (Wildman–Crippen LogP) is 23.7. The van der Waals surface area contributed by atoms with E-state index in [1.54, 1.807) is 0 Å². The standard InChI is InChI=1S/C76H126O6/c1-4-7-10-13-16-19-22-25-28-30-32-34-35-36-37-38-39-40-41-43-44-46-48-51-54-57-60-63-66-69-75(78)81-72-73(71-80-74(77)68-65-62-59-56-53-50-27-24-21-18-15-12-9-6-3)82-76(79)70-67-64-61-58-55-52-49-47-45-42-33-31-29-26-23-20-17-14-11-8-5-2/h7-8,10-11,15-20,24-29,32-34,42,47,49,73H,4-6,9,12-14,21-23,30-31,35-41,43-46,48,50-72H2,1-3H3/b10-7-,11-8-,18-15-,19-16-,20-17-,27-24-,28-25-,29-26-,34-32-,42-33-,49-47-. The van der Waals surface area contributed by atoms with E-state index in [4.69, 9.17) is 14.2 Å². The summed E-state index contributed by atoms with van der Waals surface area (Å²) in [7, 11) is 0. The molecule has 0 bridgehead atoms. The van der Waals surface area contributed by atoms with Crippen LogP contribution in [0.5, 0.6) is 0 Å². The van der Waals surface area contributed by atoms with Crippen LogP contribution >= 0.6 is 0 Å². The fraction of sp³-hybridized carbons (Fsp3) is 0.671. The molecular formula is C76H126O6. The van der Waals surface area contributed by atoms with E-state index in [0.29, 0.717) is 19.3 Å². The van der Waals surface area contributed by atoms with Crippen LogP contribution in [0.25, 0.3) is 0 Å². The lowest BCUT2D eigenvalue weighted by atomic mass is 10.0. The molecule has 6 heteroatoms. The Morgan fingerprint density at radius 1 is 0.256 bits per heavy atom. The molecule has 0 amide bonds. The topological polar surface area (TPSA) is 78.9 Å². The van der Waals surface area contributed by atoms with Gasteiger partial charge >= 0.3 is 17.9 Å². The molecule has 0 radical (unpaired) electrons. The predicted molar refractivity (Wildman–Crippen MR) is 357 cm³/mol. The number of unbranched alkanes of at least 4 members (excludes halogenated alkanes) is 28. The van der Waals surface area contributed by atoms with Gasteiger partial charge in [-0.05, 0) is 128 Å². The van der Waals surface area contributed by atoms with Gasteiger partial charge in [-0.2, -0.15) is 0 Å². The monoisotopic (exact) mass is 1130 g/mol. The lowest BCUT2D eigenvalue weighted by Gasteiger charge is -2.18. The number of rotatable bonds is 61. The lowest BCUT2D eigenvalue weighted by Crippen LogP contribution is -2.30. The molecule has 0 aliphatic carbocycles. The van der Waals surface area contributed by atoms with Crippen LogP contribution in [0.15, 0.2) is 134 Å². The van der Waals surface area contributed by atoms with Gasteiger partial charge in [-0.25, -0.2) is 0 Å². The molecular weight excluding hydrogens is 1010 g/mol. The first-order valence-electron chi connectivity index (χ1n) is 34.2. The van der Waals surface area contributed by atoms with E-state index in [0.717, 1.165) is 161 Å². The van der Waals surface area contributed by atoms with E-state index in [9.17, 15) is 14.4 Å². The summed E-state index contributed by atoms with van der Waals surface area (Å²) in [6, 6.07) is 0. The molecule has 0 heterocycles. The number of hydrogen-bond acceptors (Lipinski definition) is 6. The second kappa shape index (κ2) is 69.0. The van der Waals surface area contributed by atoms with Gasteiger partial charge < -0.3 is 14.2 Å². The third-order valence-corrected chi connectivity index (χ3v) is 14.4. The van der Waals surface area contributed by atoms with Gasteiger partial charge in [0.25, 0.3) is 0 Å². The molecule has 6 nitrogen and oxygen atoms in total. The molecule has 0 spiro atoms. The van der Waals surface area contributed by atoms with E-state index in [2.05, 4.69) is 154 Å². The largest absolute Gasteiger partial charge is 0.462 e. The van der Waals surface area contributed by atoms with Crippen molar-refractivity contribution >= 4 is 17.9 Å². The Morgan fingerprint density at radius 3 is 0.744 bits per heavy atom. The van der Waals surface area contributed by atoms with Gasteiger partial charge in [-0.3, -0.25) is 14.4 Å². The molecule has 0 fully saturated rings. The van der Waals surface area contributed by atoms with E-state index in [1.165, 1.54) is 109 Å². The Kier molecular flexibility index (Phi) is 65.3. The Hall–Kier alpha value is -4.45. The minimum absolute atomic E-state index is 0.0923. The van der Waals surface area contributed by atoms with Gasteiger partial charge in [0.05, 0.1) is 0 Å². The number of esters is 3. The van der Waals surface area contributed by atoms with E-state index in [-0.39, 0.29) is 31.1 Å². The summed E-state index contributed by atoms with van der Waals surface area (Å²) in [6.07, 6.45) is 97.5. The Bertz CT molecular complexity index is 1730. The molecule has 466 valence electrons. The van der Waals surface area contributed by atoms with Gasteiger partial charge in [-0.15, -0.1) is 0 Å². The van der Waals surface area contributed by atoms with Crippen molar-refractivity contribution in [2.75, 3.05) is 13.2 Å². The van der Waals surface area contributed by atoms with Crippen LogP contribution in [0.3, 0.4) is 0 Å². The van der Waals surface area contributed by atoms with Gasteiger partial charge in [0.2, 0.25) is 0 Å². The van der Waals surface area contributed by atoms with Crippen molar-refractivity contribution in [3.05, 3.63) is 134 Å². The Labute approximate surface area is 506 Å². The van der Waals surface area contributed by atoms with Crippen LogP contribution < -0.4 is 0 Å². The highest BCUT2D eigenvalue weighted by molar-refractivity contribution is 5.71. The summed E-state index contributed by atoms with van der Waals surface area (Å²) >= 11 is 0. The first kappa shape index (κ1) is 77.5. The highest BCUT2D eigenvalue weighted by Crippen LogP contribution is 2.16. The quantitative estimate of drug-likeness (QED) is 0.0261. The average Bonchev–Trinajstić information content (AvgIpc) is 3.47. The smallest absolute Gasteiger partial charge is 0.306 e. The first-order valence-corrected chi connectivity index (χ1v) is 34.2. The van der Waals surface area contributed by atoms with Crippen LogP contribution in [0.1, 0.15) is 310 Å². The van der Waals surface area contributed by atoms with E-state index in [1.807, 2.05) is 0 Å². The second-order valence-electron chi connectivity index (χ2n) is 22.3. The molecule has 0 saturated heterocycles. The van der Waals surface area contributed by atoms with Crippen molar-refractivity contribution in [2.45, 2.75) is 316 Å². The van der Waals surface area contributed by atoms with E-state index < -0.39 is 6.10 Å². The second-order valence-corrected chi connectivity index (χ2v) is 22.3. The molecule has 1 atom stereocenters. The van der Waals surface area contributed by atoms with Crippen LogP contribution in [-0.4, -0.2) is 37.2 Å². The maximum atomic E-state index is 12.9. The third-order valence-electron chi connectivity index (χ3n) is 14.4. The zero-order chi connectivity index (χ0) is 59.2. The van der Waals surface area contributed by atoms with Gasteiger partial charge in [-0.1, -0.05) is 296 Å². The minimum atomic E-state index is -0.800. The average molecular weight is 1140 g/mol. The van der Waals surface area contributed by atoms with E-state index >= 15 is 0 Å². The molecule has 0 aromatic heterocycles. The first-order chi connectivity index (χ1) is 40.5. The SMILES string of the molecule is CC/C=C\C/C=C\C/C=C\C/C=C\C/C=C\CCCCCCCC(=O)OC(COC(=O)CCCCCCC/C=C\C/C=C\CCCC)COC(=O)CCCCCCCCCCCCCCCCCC/C=C\C/C=C\C/C=C\C/C=C\CC. The fourth-order valence-corrected chi connectivity index (χ4v) is 9.30. The van der Waals surface area contributed by atoms with Crippen LogP contribution in [-0.2, 0) is 28.6 Å². The number of allylic oxidation sites excluding steroid dienone is 22. The normalized spacial score (nSPS) is 13.0. The summed E-state index contributed by atoms with van der Waals surface area (Å²) in [6.45, 7) is 6.37. The van der Waals surface area contributed by atoms with Crippen molar-refractivity contribution in [1.29, 1.82) is 0 Å². The highest BCUT2D eigenvalue weighted by Gasteiger charge is 2.19. The van der Waals surface area contributed by atoms with Gasteiger partial charge in [0.15, 0.2) is 6.10 Å². The molecule has 0 rings (SSSR count). The fourth-order valence-electron chi connectivity index (χ4n) is 9.30. The molecule has 0 saturated carbocycles. The van der Waals surface area contributed by atoms with Crippen LogP contribution in [0.4, 0.5) is 0 Å². The lowest BCUT2D eigenvalue weighted by molar-refractivity contribution is -0.167. The van der Waals surface area contributed by atoms with Gasteiger partial charge in [0.1, 0.15) is 13.2 Å². The molecule has 0 aromatic carbocycles.